The maximum atomic E-state index is 11.9. The summed E-state index contributed by atoms with van der Waals surface area (Å²) in [6.07, 6.45) is 1.66. The molecule has 0 aliphatic rings. The fraction of sp³-hybridized carbons (Fsp3) is 0.0714. The molecule has 1 N–H and O–H groups in total. The minimum Gasteiger partial charge on any atom is -0.321 e. The summed E-state index contributed by atoms with van der Waals surface area (Å²) in [6.45, 7) is 0. The van der Waals surface area contributed by atoms with Crippen LogP contribution in [0.15, 0.2) is 58.2 Å². The van der Waals surface area contributed by atoms with Crippen molar-refractivity contribution in [2.45, 2.75) is 10.1 Å². The number of nitrogens with one attached hydrogen (secondary N) is 1. The molecule has 1 amide bonds. The third-order valence-corrected chi connectivity index (χ3v) is 4.66. The zero-order valence-corrected chi connectivity index (χ0v) is 12.8. The first-order valence-electron chi connectivity index (χ1n) is 6.19. The lowest BCUT2D eigenvalue weighted by atomic mass is 10.3. The molecule has 0 saturated heterocycles. The third kappa shape index (κ3) is 3.32. The van der Waals surface area contributed by atoms with Gasteiger partial charge >= 0.3 is 0 Å². The van der Waals surface area contributed by atoms with Gasteiger partial charge in [0.05, 0.1) is 4.88 Å². The van der Waals surface area contributed by atoms with E-state index in [1.165, 1.54) is 23.1 Å². The molecule has 21 heavy (non-hydrogen) atoms. The van der Waals surface area contributed by atoms with Crippen molar-refractivity contribution < 1.29 is 4.79 Å². The van der Waals surface area contributed by atoms with E-state index in [-0.39, 0.29) is 5.91 Å². The van der Waals surface area contributed by atoms with Crippen LogP contribution in [-0.2, 0) is 7.05 Å². The van der Waals surface area contributed by atoms with Crippen molar-refractivity contribution in [2.75, 3.05) is 5.32 Å². The number of benzene rings is 1. The second-order valence-electron chi connectivity index (χ2n) is 4.28. The van der Waals surface area contributed by atoms with Crippen LogP contribution < -0.4 is 5.32 Å². The van der Waals surface area contributed by atoms with Gasteiger partial charge in [-0.05, 0) is 47.5 Å². The number of amides is 1. The maximum Gasteiger partial charge on any atom is 0.265 e. The number of carbonyl (C=O) groups is 1. The van der Waals surface area contributed by atoms with Gasteiger partial charge in [0, 0.05) is 17.6 Å². The Balaban J connectivity index is 1.67. The molecule has 0 fully saturated rings. The summed E-state index contributed by atoms with van der Waals surface area (Å²) in [7, 11) is 1.90. The quantitative estimate of drug-likeness (QED) is 0.802. The lowest BCUT2D eigenvalue weighted by molar-refractivity contribution is 0.103. The fourth-order valence-electron chi connectivity index (χ4n) is 1.68. The highest BCUT2D eigenvalue weighted by molar-refractivity contribution is 7.99. The van der Waals surface area contributed by atoms with E-state index in [1.54, 1.807) is 12.4 Å². The summed E-state index contributed by atoms with van der Waals surface area (Å²) < 4.78 is 1.86. The standard InChI is InChI=1S/C14H12N4OS2/c1-18-9-15-17-14(18)21-11-6-4-10(5-7-11)16-13(19)12-3-2-8-20-12/h2-9H,1H3,(H,16,19). The van der Waals surface area contributed by atoms with Crippen LogP contribution in [0.3, 0.4) is 0 Å². The van der Waals surface area contributed by atoms with Crippen LogP contribution >= 0.6 is 23.1 Å². The van der Waals surface area contributed by atoms with Crippen LogP contribution in [0.1, 0.15) is 9.67 Å². The zero-order valence-electron chi connectivity index (χ0n) is 11.2. The van der Waals surface area contributed by atoms with Crippen molar-refractivity contribution in [1.82, 2.24) is 14.8 Å². The van der Waals surface area contributed by atoms with E-state index in [0.29, 0.717) is 4.88 Å². The first-order chi connectivity index (χ1) is 10.2. The summed E-state index contributed by atoms with van der Waals surface area (Å²) in [6, 6.07) is 11.3. The normalized spacial score (nSPS) is 10.5. The van der Waals surface area contributed by atoms with Crippen molar-refractivity contribution in [1.29, 1.82) is 0 Å². The van der Waals surface area contributed by atoms with Gasteiger partial charge in [0.2, 0.25) is 0 Å². The second kappa shape index (κ2) is 6.11. The molecule has 1 aromatic carbocycles. The first-order valence-corrected chi connectivity index (χ1v) is 7.89. The number of hydrogen-bond donors (Lipinski definition) is 1. The van der Waals surface area contributed by atoms with E-state index in [0.717, 1.165) is 15.7 Å². The Morgan fingerprint density at radius 1 is 1.29 bits per heavy atom. The van der Waals surface area contributed by atoms with Gasteiger partial charge in [-0.15, -0.1) is 21.5 Å². The van der Waals surface area contributed by atoms with E-state index in [1.807, 2.05) is 47.3 Å². The highest BCUT2D eigenvalue weighted by Gasteiger charge is 2.07. The molecule has 0 aliphatic heterocycles. The van der Waals surface area contributed by atoms with Crippen LogP contribution in [0.2, 0.25) is 0 Å². The van der Waals surface area contributed by atoms with Crippen LogP contribution in [0.4, 0.5) is 5.69 Å². The molecule has 0 saturated carbocycles. The average Bonchev–Trinajstić information content (AvgIpc) is 3.14. The molecule has 106 valence electrons. The topological polar surface area (TPSA) is 59.8 Å². The molecule has 0 unspecified atom stereocenters. The van der Waals surface area contributed by atoms with Crippen LogP contribution in [-0.4, -0.2) is 20.7 Å². The van der Waals surface area contributed by atoms with Gasteiger partial charge in [0.1, 0.15) is 6.33 Å². The van der Waals surface area contributed by atoms with Crippen LogP contribution in [0.5, 0.6) is 0 Å². The van der Waals surface area contributed by atoms with Crippen molar-refractivity contribution in [3.8, 4) is 0 Å². The van der Waals surface area contributed by atoms with Crippen molar-refractivity contribution in [3.63, 3.8) is 0 Å². The monoisotopic (exact) mass is 316 g/mol. The molecule has 5 nitrogen and oxygen atoms in total. The predicted molar refractivity (Wildman–Crippen MR) is 83.8 cm³/mol. The maximum absolute atomic E-state index is 11.9. The summed E-state index contributed by atoms with van der Waals surface area (Å²) >= 11 is 2.95. The number of hydrogen-bond acceptors (Lipinski definition) is 5. The van der Waals surface area contributed by atoms with Crippen molar-refractivity contribution >= 4 is 34.7 Å². The molecule has 3 aromatic rings. The highest BCUT2D eigenvalue weighted by Crippen LogP contribution is 2.26. The summed E-state index contributed by atoms with van der Waals surface area (Å²) in [5, 5.41) is 13.4. The van der Waals surface area contributed by atoms with Crippen LogP contribution in [0, 0.1) is 0 Å². The minimum absolute atomic E-state index is 0.0845. The molecule has 0 atom stereocenters. The Morgan fingerprint density at radius 2 is 2.10 bits per heavy atom. The van der Waals surface area contributed by atoms with Gasteiger partial charge in [-0.2, -0.15) is 0 Å². The van der Waals surface area contributed by atoms with Gasteiger partial charge in [0.25, 0.3) is 5.91 Å². The molecule has 2 aromatic heterocycles. The Morgan fingerprint density at radius 3 is 2.71 bits per heavy atom. The Labute approximate surface area is 130 Å². The predicted octanol–water partition coefficient (Wildman–Crippen LogP) is 3.28. The van der Waals surface area contributed by atoms with Gasteiger partial charge in [-0.25, -0.2) is 0 Å². The highest BCUT2D eigenvalue weighted by atomic mass is 32.2. The number of aryl methyl sites for hydroxylation is 1. The first kappa shape index (κ1) is 13.8. The SMILES string of the molecule is Cn1cnnc1Sc1ccc(NC(=O)c2cccs2)cc1. The van der Waals surface area contributed by atoms with Crippen molar-refractivity contribution in [3.05, 3.63) is 53.0 Å². The molecule has 2 heterocycles. The lowest BCUT2D eigenvalue weighted by Crippen LogP contribution is -2.09. The molecule has 0 bridgehead atoms. The van der Waals surface area contributed by atoms with E-state index >= 15 is 0 Å². The molecule has 3 rings (SSSR count). The van der Waals surface area contributed by atoms with Crippen molar-refractivity contribution in [2.24, 2.45) is 7.05 Å². The Kier molecular flexibility index (Phi) is 4.03. The van der Waals surface area contributed by atoms with Gasteiger partial charge in [-0.1, -0.05) is 6.07 Å². The number of thiophene rings is 1. The fourth-order valence-corrected chi connectivity index (χ4v) is 3.06. The molecule has 0 spiro atoms. The number of nitrogens with zero attached hydrogens (tertiary/aromatic N) is 3. The number of carbonyl (C=O) groups excluding carboxylic acids is 1. The van der Waals surface area contributed by atoms with E-state index in [9.17, 15) is 4.79 Å². The number of anilines is 1. The Hall–Kier alpha value is -2.12. The largest absolute Gasteiger partial charge is 0.321 e. The minimum atomic E-state index is -0.0845. The average molecular weight is 316 g/mol. The van der Waals surface area contributed by atoms with Gasteiger partial charge < -0.3 is 9.88 Å². The third-order valence-electron chi connectivity index (χ3n) is 2.74. The zero-order chi connectivity index (χ0) is 14.7. The summed E-state index contributed by atoms with van der Waals surface area (Å²) in [5.74, 6) is -0.0845. The molecule has 0 radical (unpaired) electrons. The van der Waals surface area contributed by atoms with E-state index in [4.69, 9.17) is 0 Å². The molecule has 7 heteroatoms. The number of aromatic nitrogens is 3. The van der Waals surface area contributed by atoms with E-state index < -0.39 is 0 Å². The molecular weight excluding hydrogens is 304 g/mol. The number of rotatable bonds is 4. The summed E-state index contributed by atoms with van der Waals surface area (Å²) in [5.41, 5.74) is 0.774. The molecule has 0 aliphatic carbocycles. The van der Waals surface area contributed by atoms with Crippen LogP contribution in [0.25, 0.3) is 0 Å². The van der Waals surface area contributed by atoms with Gasteiger partial charge in [-0.3, -0.25) is 4.79 Å². The molecular formula is C14H12N4OS2. The summed E-state index contributed by atoms with van der Waals surface area (Å²) in [4.78, 5) is 13.7. The smallest absolute Gasteiger partial charge is 0.265 e. The lowest BCUT2D eigenvalue weighted by Gasteiger charge is -2.05. The Bertz CT molecular complexity index is 735. The van der Waals surface area contributed by atoms with E-state index in [2.05, 4.69) is 15.5 Å². The van der Waals surface area contributed by atoms with Gasteiger partial charge in [0.15, 0.2) is 5.16 Å². The second-order valence-corrected chi connectivity index (χ2v) is 6.27.